The van der Waals surface area contributed by atoms with Crippen LogP contribution in [-0.2, 0) is 19.8 Å². The van der Waals surface area contributed by atoms with Crippen molar-refractivity contribution in [1.29, 1.82) is 0 Å². The summed E-state index contributed by atoms with van der Waals surface area (Å²) < 4.78 is 28.8. The van der Waals surface area contributed by atoms with Crippen LogP contribution in [0.3, 0.4) is 0 Å². The van der Waals surface area contributed by atoms with Gasteiger partial charge in [-0.15, -0.1) is 0 Å². The molecule has 1 saturated heterocycles. The zero-order valence-corrected chi connectivity index (χ0v) is 7.69. The quantitative estimate of drug-likeness (QED) is 0.425. The van der Waals surface area contributed by atoms with Gasteiger partial charge in [-0.2, -0.15) is 8.42 Å². The van der Waals surface area contributed by atoms with E-state index in [-0.39, 0.29) is 6.04 Å². The van der Waals surface area contributed by atoms with Crippen LogP contribution >= 0.6 is 0 Å². The number of nitrogens with two attached hydrogens (primary N) is 1. The molecular weight excluding hydrogens is 200 g/mol. The Morgan fingerprint density at radius 3 is 2.62 bits per heavy atom. The molecule has 3 N–H and O–H groups in total. The Morgan fingerprint density at radius 2 is 2.23 bits per heavy atom. The number of β-lactam (4-membered cyclic amide) rings is 1. The van der Waals surface area contributed by atoms with Gasteiger partial charge in [0.2, 0.25) is 5.94 Å². The first-order valence-electron chi connectivity index (χ1n) is 3.49. The van der Waals surface area contributed by atoms with Crippen molar-refractivity contribution in [3.63, 3.8) is 0 Å². The molecule has 1 rings (SSSR count). The molecule has 1 amide bonds. The fourth-order valence-corrected chi connectivity index (χ4v) is 1.17. The van der Waals surface area contributed by atoms with Gasteiger partial charge in [0.05, 0.1) is 6.04 Å². The second-order valence-corrected chi connectivity index (χ2v) is 4.16. The zero-order valence-electron chi connectivity index (χ0n) is 6.87. The lowest BCUT2D eigenvalue weighted by Gasteiger charge is -2.41. The van der Waals surface area contributed by atoms with Crippen molar-refractivity contribution >= 4 is 16.0 Å². The van der Waals surface area contributed by atoms with Gasteiger partial charge >= 0.3 is 0 Å². The summed E-state index contributed by atoms with van der Waals surface area (Å²) in [5.74, 6) is -1.42. The van der Waals surface area contributed by atoms with E-state index in [0.29, 0.717) is 0 Å². The molecule has 2 atom stereocenters. The molecule has 1 aliphatic heterocycles. The standard InChI is InChI=1S/C5H10N2O5S/c1-3-4(6)5(8)7(3)12-2-13(9,10)11/h3-4H,2,6H2,1H3,(H,9,10,11)/t3-,4-/m0/s1. The van der Waals surface area contributed by atoms with Crippen LogP contribution in [0.15, 0.2) is 0 Å². The van der Waals surface area contributed by atoms with Gasteiger partial charge in [-0.1, -0.05) is 0 Å². The number of amides is 1. The Morgan fingerprint density at radius 1 is 1.69 bits per heavy atom. The predicted octanol–water partition coefficient (Wildman–Crippen LogP) is -1.68. The van der Waals surface area contributed by atoms with Crippen molar-refractivity contribution in [1.82, 2.24) is 5.06 Å². The van der Waals surface area contributed by atoms with E-state index < -0.39 is 28.0 Å². The monoisotopic (exact) mass is 210 g/mol. The maximum atomic E-state index is 10.9. The van der Waals surface area contributed by atoms with Crippen molar-refractivity contribution in [2.75, 3.05) is 5.94 Å². The Hall–Kier alpha value is -0.700. The van der Waals surface area contributed by atoms with E-state index in [1.54, 1.807) is 6.92 Å². The molecule has 0 aromatic heterocycles. The van der Waals surface area contributed by atoms with E-state index in [1.165, 1.54) is 0 Å². The van der Waals surface area contributed by atoms with Crippen LogP contribution in [0.2, 0.25) is 0 Å². The molecule has 7 nitrogen and oxygen atoms in total. The van der Waals surface area contributed by atoms with E-state index in [0.717, 1.165) is 5.06 Å². The van der Waals surface area contributed by atoms with Gasteiger partial charge in [0.25, 0.3) is 16.0 Å². The van der Waals surface area contributed by atoms with Gasteiger partial charge in [0.1, 0.15) is 6.04 Å². The highest BCUT2D eigenvalue weighted by atomic mass is 32.2. The van der Waals surface area contributed by atoms with E-state index >= 15 is 0 Å². The first kappa shape index (κ1) is 10.4. The highest BCUT2D eigenvalue weighted by Crippen LogP contribution is 2.17. The van der Waals surface area contributed by atoms with Gasteiger partial charge in [-0.05, 0) is 6.92 Å². The summed E-state index contributed by atoms with van der Waals surface area (Å²) in [6.45, 7) is 1.61. The predicted molar refractivity (Wildman–Crippen MR) is 41.8 cm³/mol. The minimum absolute atomic E-state index is 0.366. The van der Waals surface area contributed by atoms with Gasteiger partial charge in [0, 0.05) is 0 Å². The van der Waals surface area contributed by atoms with E-state index in [9.17, 15) is 13.2 Å². The van der Waals surface area contributed by atoms with Crippen molar-refractivity contribution < 1.29 is 22.6 Å². The Balaban J connectivity index is 2.45. The molecule has 0 bridgehead atoms. The van der Waals surface area contributed by atoms with Gasteiger partial charge < -0.3 is 5.73 Å². The Labute approximate surface area is 75.2 Å². The molecular formula is C5H10N2O5S. The smallest absolute Gasteiger partial charge is 0.292 e. The number of nitrogens with zero attached hydrogens (tertiary/aromatic N) is 1. The minimum Gasteiger partial charge on any atom is -0.318 e. The van der Waals surface area contributed by atoms with Crippen LogP contribution in [0.5, 0.6) is 0 Å². The lowest BCUT2D eigenvalue weighted by molar-refractivity contribution is -0.221. The average molecular weight is 210 g/mol. The molecule has 1 aliphatic rings. The van der Waals surface area contributed by atoms with Crippen LogP contribution in [0.25, 0.3) is 0 Å². The third-order valence-corrected chi connectivity index (χ3v) is 2.14. The summed E-state index contributed by atoms with van der Waals surface area (Å²) in [5, 5.41) is 0.832. The number of rotatable bonds is 3. The van der Waals surface area contributed by atoms with Crippen molar-refractivity contribution in [2.24, 2.45) is 5.73 Å². The fraction of sp³-hybridized carbons (Fsp3) is 0.800. The summed E-state index contributed by atoms with van der Waals surface area (Å²) in [7, 11) is -4.22. The van der Waals surface area contributed by atoms with E-state index in [2.05, 4.69) is 4.84 Å². The van der Waals surface area contributed by atoms with Gasteiger partial charge in [-0.3, -0.25) is 14.2 Å². The maximum Gasteiger partial charge on any atom is 0.292 e. The molecule has 0 aliphatic carbocycles. The Bertz CT molecular complexity index is 313. The molecule has 13 heavy (non-hydrogen) atoms. The third kappa shape index (κ3) is 2.15. The highest BCUT2D eigenvalue weighted by molar-refractivity contribution is 7.85. The second kappa shape index (κ2) is 3.22. The topological polar surface area (TPSA) is 110 Å². The molecule has 0 unspecified atom stereocenters. The summed E-state index contributed by atoms with van der Waals surface area (Å²) >= 11 is 0. The summed E-state index contributed by atoms with van der Waals surface area (Å²) in [6.07, 6.45) is 0. The number of hydrogen-bond acceptors (Lipinski definition) is 5. The van der Waals surface area contributed by atoms with Crippen LogP contribution in [0, 0.1) is 0 Å². The lowest BCUT2D eigenvalue weighted by atomic mass is 10.0. The number of carbonyl (C=O) groups is 1. The SMILES string of the molecule is C[C@H]1[C@H](N)C(=O)N1OCS(=O)(=O)O. The van der Waals surface area contributed by atoms with Gasteiger partial charge in [-0.25, -0.2) is 5.06 Å². The molecule has 0 radical (unpaired) electrons. The minimum atomic E-state index is -4.22. The van der Waals surface area contributed by atoms with Crippen molar-refractivity contribution in [3.05, 3.63) is 0 Å². The molecule has 1 heterocycles. The van der Waals surface area contributed by atoms with Crippen molar-refractivity contribution in [2.45, 2.75) is 19.0 Å². The summed E-state index contributed by atoms with van der Waals surface area (Å²) in [5.41, 5.74) is 5.31. The maximum absolute atomic E-state index is 10.9. The molecule has 1 fully saturated rings. The fourth-order valence-electron chi connectivity index (χ4n) is 0.922. The van der Waals surface area contributed by atoms with Crippen LogP contribution in [0.4, 0.5) is 0 Å². The summed E-state index contributed by atoms with van der Waals surface area (Å²) in [6, 6.07) is -1.02. The number of hydroxylamine groups is 2. The first-order valence-corrected chi connectivity index (χ1v) is 5.10. The third-order valence-electron chi connectivity index (χ3n) is 1.73. The van der Waals surface area contributed by atoms with Crippen molar-refractivity contribution in [3.8, 4) is 0 Å². The van der Waals surface area contributed by atoms with E-state index in [1.807, 2.05) is 0 Å². The van der Waals surface area contributed by atoms with Crippen LogP contribution in [-0.4, -0.2) is 42.0 Å². The Kier molecular flexibility index (Phi) is 2.57. The first-order chi connectivity index (χ1) is 5.83. The molecule has 0 aromatic rings. The van der Waals surface area contributed by atoms with E-state index in [4.69, 9.17) is 10.3 Å². The van der Waals surface area contributed by atoms with Crippen LogP contribution in [0.1, 0.15) is 6.92 Å². The normalized spacial score (nSPS) is 28.8. The highest BCUT2D eigenvalue weighted by Gasteiger charge is 2.43. The molecule has 76 valence electrons. The molecule has 8 heteroatoms. The lowest BCUT2D eigenvalue weighted by Crippen LogP contribution is -2.67. The second-order valence-electron chi connectivity index (χ2n) is 2.76. The number of hydrogen-bond donors (Lipinski definition) is 2. The largest absolute Gasteiger partial charge is 0.318 e. The summed E-state index contributed by atoms with van der Waals surface area (Å²) in [4.78, 5) is 15.4. The molecule has 0 saturated carbocycles. The average Bonchev–Trinajstić information content (AvgIpc) is 2.01. The number of carbonyl (C=O) groups excluding carboxylic acids is 1. The molecule has 0 aromatic carbocycles. The van der Waals surface area contributed by atoms with Gasteiger partial charge in [0.15, 0.2) is 0 Å². The zero-order chi connectivity index (χ0) is 10.2. The molecule has 0 spiro atoms. The van der Waals surface area contributed by atoms with Crippen LogP contribution < -0.4 is 5.73 Å².